The Morgan fingerprint density at radius 3 is 2.66 bits per heavy atom. The molecular formula is C21H26F2N6O5S. The fraction of sp³-hybridized carbons (Fsp3) is 0.429. The summed E-state index contributed by atoms with van der Waals surface area (Å²) in [7, 11) is -3.67. The van der Waals surface area contributed by atoms with E-state index in [2.05, 4.69) is 20.5 Å². The maximum Gasteiger partial charge on any atom is 0.410 e. The summed E-state index contributed by atoms with van der Waals surface area (Å²) in [5, 5.41) is 10.7. The molecule has 3 heterocycles. The van der Waals surface area contributed by atoms with E-state index in [0.717, 1.165) is 16.0 Å². The average Bonchev–Trinajstić information content (AvgIpc) is 3.25. The number of amides is 1. The summed E-state index contributed by atoms with van der Waals surface area (Å²) in [4.78, 5) is 17.5. The molecule has 1 aliphatic heterocycles. The van der Waals surface area contributed by atoms with E-state index in [1.807, 2.05) is 31.2 Å². The number of carbonyl (C=O) groups is 1. The number of benzene rings is 1. The molecule has 1 aromatic carbocycles. The molecule has 2 aromatic heterocycles. The highest BCUT2D eigenvalue weighted by molar-refractivity contribution is 7.85. The van der Waals surface area contributed by atoms with Gasteiger partial charge in [0.2, 0.25) is 5.65 Å². The highest BCUT2D eigenvalue weighted by Gasteiger charge is 2.46. The Kier molecular flexibility index (Phi) is 8.17. The number of carbonyl (C=O) groups excluding carboxylic acids is 1. The summed E-state index contributed by atoms with van der Waals surface area (Å²) in [5.74, 6) is -3.60. The zero-order valence-electron chi connectivity index (χ0n) is 19.1. The molecule has 11 nitrogen and oxygen atoms in total. The Morgan fingerprint density at radius 2 is 2.00 bits per heavy atom. The first-order valence-electron chi connectivity index (χ1n) is 10.6. The van der Waals surface area contributed by atoms with E-state index < -0.39 is 34.6 Å². The van der Waals surface area contributed by atoms with Crippen molar-refractivity contribution in [2.75, 3.05) is 31.2 Å². The van der Waals surface area contributed by atoms with E-state index in [-0.39, 0.29) is 26.1 Å². The molecule has 0 bridgehead atoms. The molecule has 0 aliphatic carbocycles. The molecule has 0 radical (unpaired) electrons. The number of fused-ring (bicyclic) bond motifs is 1. The second-order valence-corrected chi connectivity index (χ2v) is 9.63. The highest BCUT2D eigenvalue weighted by atomic mass is 32.2. The van der Waals surface area contributed by atoms with Crippen LogP contribution in [0.15, 0.2) is 43.0 Å². The van der Waals surface area contributed by atoms with E-state index >= 15 is 0 Å². The van der Waals surface area contributed by atoms with Crippen molar-refractivity contribution >= 4 is 27.7 Å². The largest absolute Gasteiger partial charge is 0.445 e. The maximum atomic E-state index is 14.7. The van der Waals surface area contributed by atoms with Gasteiger partial charge in [-0.2, -0.15) is 8.42 Å². The molecule has 0 saturated carbocycles. The minimum atomic E-state index is -3.67. The number of piperidine rings is 1. The van der Waals surface area contributed by atoms with E-state index in [0.29, 0.717) is 17.7 Å². The lowest BCUT2D eigenvalue weighted by atomic mass is 9.93. The number of aryl methyl sites for hydroxylation is 1. The smallest absolute Gasteiger partial charge is 0.410 e. The number of aromatic nitrogens is 4. The first-order valence-corrected chi connectivity index (χ1v) is 12.4. The number of anilines is 1. The Bertz CT molecular complexity index is 1240. The molecule has 1 atom stereocenters. The number of nitrogens with one attached hydrogen (secondary N) is 1. The molecule has 1 fully saturated rings. The molecular weight excluding hydrogens is 486 g/mol. The number of hydrogen-bond donors (Lipinski definition) is 2. The van der Waals surface area contributed by atoms with Crippen molar-refractivity contribution in [2.45, 2.75) is 25.9 Å². The number of hydrogen-bond acceptors (Lipinski definition) is 8. The van der Waals surface area contributed by atoms with Crippen molar-refractivity contribution in [3.63, 3.8) is 0 Å². The number of rotatable bonds is 5. The minimum Gasteiger partial charge on any atom is -0.445 e. The van der Waals surface area contributed by atoms with Gasteiger partial charge in [0.1, 0.15) is 12.9 Å². The molecule has 4 rings (SSSR count). The number of likely N-dealkylation sites (tertiary alicyclic amines) is 1. The van der Waals surface area contributed by atoms with Crippen molar-refractivity contribution < 1.29 is 31.3 Å². The second-order valence-electron chi connectivity index (χ2n) is 8.16. The Labute approximate surface area is 200 Å². The lowest BCUT2D eigenvalue weighted by molar-refractivity contribution is -0.101. The van der Waals surface area contributed by atoms with Crippen LogP contribution in [0.25, 0.3) is 5.65 Å². The van der Waals surface area contributed by atoms with Crippen LogP contribution in [0.2, 0.25) is 0 Å². The molecule has 35 heavy (non-hydrogen) atoms. The van der Waals surface area contributed by atoms with E-state index in [1.54, 1.807) is 16.8 Å². The summed E-state index contributed by atoms with van der Waals surface area (Å²) in [6.45, 7) is 1.56. The van der Waals surface area contributed by atoms with Gasteiger partial charge in [-0.05, 0) is 18.9 Å². The predicted molar refractivity (Wildman–Crippen MR) is 123 cm³/mol. The highest BCUT2D eigenvalue weighted by Crippen LogP contribution is 2.33. The quantitative estimate of drug-likeness (QED) is 0.494. The molecule has 0 spiro atoms. The topological polar surface area (TPSA) is 139 Å². The molecule has 1 aliphatic rings. The summed E-state index contributed by atoms with van der Waals surface area (Å²) in [6.07, 6.45) is 4.87. The van der Waals surface area contributed by atoms with Gasteiger partial charge in [-0.15, -0.1) is 10.2 Å². The summed E-state index contributed by atoms with van der Waals surface area (Å²) >= 11 is 0. The van der Waals surface area contributed by atoms with Gasteiger partial charge in [-0.1, -0.05) is 29.8 Å². The average molecular weight is 513 g/mol. The van der Waals surface area contributed by atoms with Crippen molar-refractivity contribution in [2.24, 2.45) is 5.92 Å². The predicted octanol–water partition coefficient (Wildman–Crippen LogP) is 2.64. The van der Waals surface area contributed by atoms with Crippen LogP contribution >= 0.6 is 0 Å². The monoisotopic (exact) mass is 512 g/mol. The molecule has 3 aromatic rings. The third-order valence-corrected chi connectivity index (χ3v) is 5.22. The van der Waals surface area contributed by atoms with Crippen LogP contribution in [-0.4, -0.2) is 75.4 Å². The lowest BCUT2D eigenvalue weighted by Gasteiger charge is -2.37. The van der Waals surface area contributed by atoms with E-state index in [9.17, 15) is 22.0 Å². The van der Waals surface area contributed by atoms with Crippen LogP contribution in [0.1, 0.15) is 17.5 Å². The van der Waals surface area contributed by atoms with Crippen molar-refractivity contribution in [1.29, 1.82) is 0 Å². The first-order chi connectivity index (χ1) is 16.4. The molecule has 1 saturated heterocycles. The Morgan fingerprint density at radius 1 is 1.31 bits per heavy atom. The van der Waals surface area contributed by atoms with Crippen molar-refractivity contribution in [3.05, 3.63) is 54.1 Å². The van der Waals surface area contributed by atoms with Gasteiger partial charge in [0, 0.05) is 31.4 Å². The number of alkyl halides is 2. The third kappa shape index (κ3) is 7.82. The normalized spacial score (nSPS) is 17.4. The van der Waals surface area contributed by atoms with Crippen LogP contribution in [0.5, 0.6) is 0 Å². The molecule has 0 unspecified atom stereocenters. The van der Waals surface area contributed by atoms with E-state index in [4.69, 9.17) is 9.29 Å². The van der Waals surface area contributed by atoms with Gasteiger partial charge in [0.15, 0.2) is 5.82 Å². The first kappa shape index (κ1) is 26.2. The van der Waals surface area contributed by atoms with Crippen molar-refractivity contribution in [1.82, 2.24) is 24.5 Å². The van der Waals surface area contributed by atoms with Crippen molar-refractivity contribution in [3.8, 4) is 0 Å². The van der Waals surface area contributed by atoms with E-state index in [1.165, 1.54) is 6.33 Å². The van der Waals surface area contributed by atoms with Gasteiger partial charge in [-0.3, -0.25) is 8.95 Å². The van der Waals surface area contributed by atoms with Gasteiger partial charge < -0.3 is 15.0 Å². The fourth-order valence-corrected chi connectivity index (χ4v) is 3.42. The lowest BCUT2D eigenvalue weighted by Crippen LogP contribution is -2.52. The van der Waals surface area contributed by atoms with Gasteiger partial charge in [-0.25, -0.2) is 18.6 Å². The molecule has 190 valence electrons. The number of ether oxygens (including phenoxy) is 1. The third-order valence-electron chi connectivity index (χ3n) is 5.22. The minimum absolute atomic E-state index is 0.0127. The van der Waals surface area contributed by atoms with Crippen LogP contribution in [0.3, 0.4) is 0 Å². The van der Waals surface area contributed by atoms with Crippen LogP contribution in [-0.2, 0) is 21.5 Å². The summed E-state index contributed by atoms with van der Waals surface area (Å²) < 4.78 is 62.1. The molecule has 2 N–H and O–H groups in total. The van der Waals surface area contributed by atoms with Gasteiger partial charge >= 0.3 is 6.09 Å². The van der Waals surface area contributed by atoms with Crippen LogP contribution in [0.4, 0.5) is 19.4 Å². The summed E-state index contributed by atoms with van der Waals surface area (Å²) in [6, 6.07) is 7.51. The maximum absolute atomic E-state index is 14.7. The SMILES string of the molecule is CS(=O)(=O)O.Cc1ccc(COC(=O)N2CC[C@H](CNc3nccn4cnnc34)C(F)(F)C2)cc1. The molecule has 1 amide bonds. The summed E-state index contributed by atoms with van der Waals surface area (Å²) in [5.41, 5.74) is 2.38. The fourth-order valence-electron chi connectivity index (χ4n) is 3.42. The van der Waals surface area contributed by atoms with Crippen LogP contribution < -0.4 is 5.32 Å². The standard InChI is InChI=1S/C20H22F2N6O2.CH4O3S/c1-14-2-4-15(5-3-14)11-30-19(29)27-8-6-16(20(21,22)12-27)10-24-17-18-26-25-13-28(18)9-7-23-17;1-5(2,3)4/h2-5,7,9,13,16H,6,8,10-12H2,1H3,(H,23,24);1H3,(H,2,3,4)/t16-;/m1./s1. The number of nitrogens with zero attached hydrogens (tertiary/aromatic N) is 5. The molecule has 14 heteroatoms. The Balaban J connectivity index is 0.000000623. The van der Waals surface area contributed by atoms with Gasteiger partial charge in [0.05, 0.1) is 12.8 Å². The zero-order chi connectivity index (χ0) is 25.6. The Hall–Kier alpha value is -3.39. The second kappa shape index (κ2) is 10.9. The van der Waals surface area contributed by atoms with Crippen LogP contribution in [0, 0.1) is 12.8 Å². The van der Waals surface area contributed by atoms with Gasteiger partial charge in [0.25, 0.3) is 16.0 Å². The number of halogens is 2. The zero-order valence-corrected chi connectivity index (χ0v) is 20.0.